The van der Waals surface area contributed by atoms with Gasteiger partial charge >= 0.3 is 6.36 Å². The predicted octanol–water partition coefficient (Wildman–Crippen LogP) is 5.02. The lowest BCUT2D eigenvalue weighted by atomic mass is 10.2. The van der Waals surface area contributed by atoms with Crippen LogP contribution < -0.4 is 10.3 Å². The van der Waals surface area contributed by atoms with Crippen molar-refractivity contribution in [2.45, 2.75) is 19.8 Å². The first kappa shape index (κ1) is 17.7. The molecule has 2 aromatic heterocycles. The van der Waals surface area contributed by atoms with Gasteiger partial charge in [0, 0.05) is 18.4 Å². The zero-order chi connectivity index (χ0) is 18.4. The Morgan fingerprint density at radius 2 is 1.76 bits per heavy atom. The molecule has 0 aliphatic rings. The number of hydrogen-bond acceptors (Lipinski definition) is 2. The second-order valence-electron chi connectivity index (χ2n) is 5.14. The quantitative estimate of drug-likeness (QED) is 0.629. The van der Waals surface area contributed by atoms with Gasteiger partial charge in [-0.3, -0.25) is 9.36 Å². The molecule has 0 saturated heterocycles. The van der Waals surface area contributed by atoms with Crippen molar-refractivity contribution in [3.63, 3.8) is 0 Å². The Hall–Kier alpha value is -2.12. The van der Waals surface area contributed by atoms with Gasteiger partial charge in [0.25, 0.3) is 5.56 Å². The van der Waals surface area contributed by atoms with Crippen LogP contribution in [-0.4, -0.2) is 15.5 Å². The molecule has 0 fully saturated rings. The van der Waals surface area contributed by atoms with Crippen molar-refractivity contribution < 1.29 is 17.9 Å². The molecule has 132 valence electrons. The Labute approximate surface area is 149 Å². The van der Waals surface area contributed by atoms with E-state index in [1.807, 2.05) is 6.92 Å². The summed E-state index contributed by atoms with van der Waals surface area (Å²) in [6.07, 6.45) is -3.26. The Balaban J connectivity index is 2.09. The van der Waals surface area contributed by atoms with Crippen LogP contribution in [0.4, 0.5) is 13.2 Å². The van der Waals surface area contributed by atoms with Crippen molar-refractivity contribution in [3.8, 4) is 11.4 Å². The molecule has 0 aliphatic heterocycles. The summed E-state index contributed by atoms with van der Waals surface area (Å²) in [7, 11) is 0. The number of aryl methyl sites for hydroxylation is 1. The van der Waals surface area contributed by atoms with Crippen molar-refractivity contribution in [1.29, 1.82) is 0 Å². The SMILES string of the molecule is CCn1c(Cl)c(Cl)c2c(=O)n(-c3ccc(OC(F)(F)F)cc3)ccc21. The third-order valence-electron chi connectivity index (χ3n) is 3.66. The zero-order valence-electron chi connectivity index (χ0n) is 12.8. The van der Waals surface area contributed by atoms with Gasteiger partial charge in [0.15, 0.2) is 0 Å². The number of pyridine rings is 1. The van der Waals surface area contributed by atoms with Gasteiger partial charge in [-0.25, -0.2) is 0 Å². The second-order valence-corrected chi connectivity index (χ2v) is 5.88. The molecule has 0 aliphatic carbocycles. The van der Waals surface area contributed by atoms with Crippen LogP contribution in [0.1, 0.15) is 6.92 Å². The summed E-state index contributed by atoms with van der Waals surface area (Å²) >= 11 is 12.3. The van der Waals surface area contributed by atoms with E-state index >= 15 is 0 Å². The first-order valence-electron chi connectivity index (χ1n) is 7.18. The smallest absolute Gasteiger partial charge is 0.406 e. The molecule has 0 N–H and O–H groups in total. The van der Waals surface area contributed by atoms with Gasteiger partial charge in [-0.05, 0) is 37.3 Å². The topological polar surface area (TPSA) is 36.2 Å². The lowest BCUT2D eigenvalue weighted by Gasteiger charge is -2.10. The molecule has 3 rings (SSSR count). The number of rotatable bonds is 3. The average Bonchev–Trinajstić information content (AvgIpc) is 2.79. The van der Waals surface area contributed by atoms with Gasteiger partial charge in [-0.15, -0.1) is 13.2 Å². The van der Waals surface area contributed by atoms with E-state index in [1.165, 1.54) is 22.9 Å². The van der Waals surface area contributed by atoms with Crippen LogP contribution in [0.5, 0.6) is 5.75 Å². The molecule has 25 heavy (non-hydrogen) atoms. The highest BCUT2D eigenvalue weighted by Crippen LogP contribution is 2.32. The lowest BCUT2D eigenvalue weighted by Crippen LogP contribution is -2.18. The molecular weight excluding hydrogens is 380 g/mol. The number of nitrogens with zero attached hydrogens (tertiary/aromatic N) is 2. The fourth-order valence-electron chi connectivity index (χ4n) is 2.61. The third kappa shape index (κ3) is 3.21. The van der Waals surface area contributed by atoms with E-state index in [0.29, 0.717) is 17.7 Å². The van der Waals surface area contributed by atoms with Gasteiger partial charge in [0.2, 0.25) is 0 Å². The molecule has 9 heteroatoms. The molecule has 1 aromatic carbocycles. The minimum absolute atomic E-state index is 0.148. The fourth-order valence-corrected chi connectivity index (χ4v) is 3.19. The summed E-state index contributed by atoms with van der Waals surface area (Å²) in [5.41, 5.74) is 0.551. The molecule has 0 bridgehead atoms. The summed E-state index contributed by atoms with van der Waals surface area (Å²) in [5.74, 6) is -0.372. The van der Waals surface area contributed by atoms with Crippen LogP contribution in [0.3, 0.4) is 0 Å². The molecule has 0 atom stereocenters. The Morgan fingerprint density at radius 3 is 2.32 bits per heavy atom. The minimum Gasteiger partial charge on any atom is -0.406 e. The van der Waals surface area contributed by atoms with Crippen LogP contribution in [0, 0.1) is 0 Å². The Morgan fingerprint density at radius 1 is 1.12 bits per heavy atom. The lowest BCUT2D eigenvalue weighted by molar-refractivity contribution is -0.274. The number of ether oxygens (including phenoxy) is 1. The summed E-state index contributed by atoms with van der Waals surface area (Å²) in [4.78, 5) is 12.7. The van der Waals surface area contributed by atoms with E-state index in [2.05, 4.69) is 4.74 Å². The number of hydrogen-bond donors (Lipinski definition) is 0. The maximum Gasteiger partial charge on any atom is 0.573 e. The number of benzene rings is 1. The minimum atomic E-state index is -4.77. The molecule has 2 heterocycles. The molecular formula is C16H11Cl2F3N2O2. The summed E-state index contributed by atoms with van der Waals surface area (Å²) in [5, 5.41) is 0.671. The zero-order valence-corrected chi connectivity index (χ0v) is 14.3. The van der Waals surface area contributed by atoms with Crippen LogP contribution >= 0.6 is 23.2 Å². The highest BCUT2D eigenvalue weighted by Gasteiger charge is 2.31. The number of aromatic nitrogens is 2. The molecule has 0 spiro atoms. The average molecular weight is 391 g/mol. The normalized spacial score (nSPS) is 11.9. The molecule has 0 saturated carbocycles. The first-order valence-corrected chi connectivity index (χ1v) is 7.93. The second kappa shape index (κ2) is 6.31. The number of alkyl halides is 3. The van der Waals surface area contributed by atoms with E-state index < -0.39 is 11.9 Å². The van der Waals surface area contributed by atoms with E-state index in [4.69, 9.17) is 23.2 Å². The molecule has 4 nitrogen and oxygen atoms in total. The summed E-state index contributed by atoms with van der Waals surface area (Å²) in [6.45, 7) is 2.40. The van der Waals surface area contributed by atoms with Crippen LogP contribution in [0.15, 0.2) is 41.3 Å². The Bertz CT molecular complexity index is 992. The van der Waals surface area contributed by atoms with E-state index in [-0.39, 0.29) is 21.3 Å². The monoisotopic (exact) mass is 390 g/mol. The fraction of sp³-hybridized carbons (Fsp3) is 0.188. The van der Waals surface area contributed by atoms with Gasteiger partial charge in [0.1, 0.15) is 10.9 Å². The highest BCUT2D eigenvalue weighted by molar-refractivity contribution is 6.45. The maximum absolute atomic E-state index is 12.7. The summed E-state index contributed by atoms with van der Waals surface area (Å²) < 4.78 is 43.4. The van der Waals surface area contributed by atoms with E-state index in [0.717, 1.165) is 12.1 Å². The standard InChI is InChI=1S/C16H11Cl2F3N2O2/c1-2-22-11-7-8-23(15(24)12(11)13(17)14(22)18)9-3-5-10(6-4-9)25-16(19,20)21/h3-8H,2H2,1H3. The van der Waals surface area contributed by atoms with Crippen LogP contribution in [0.2, 0.25) is 10.2 Å². The van der Waals surface area contributed by atoms with Crippen molar-refractivity contribution >= 4 is 34.1 Å². The maximum atomic E-state index is 12.7. The van der Waals surface area contributed by atoms with Gasteiger partial charge < -0.3 is 9.30 Å². The summed E-state index contributed by atoms with van der Waals surface area (Å²) in [6, 6.07) is 6.63. The van der Waals surface area contributed by atoms with Gasteiger partial charge in [-0.2, -0.15) is 0 Å². The van der Waals surface area contributed by atoms with Crippen molar-refractivity contribution in [3.05, 3.63) is 57.1 Å². The molecule has 0 amide bonds. The predicted molar refractivity (Wildman–Crippen MR) is 89.9 cm³/mol. The van der Waals surface area contributed by atoms with Crippen molar-refractivity contribution in [2.75, 3.05) is 0 Å². The van der Waals surface area contributed by atoms with E-state index in [1.54, 1.807) is 10.6 Å². The van der Waals surface area contributed by atoms with E-state index in [9.17, 15) is 18.0 Å². The molecule has 0 radical (unpaired) electrons. The van der Waals surface area contributed by atoms with Crippen LogP contribution in [-0.2, 0) is 6.54 Å². The van der Waals surface area contributed by atoms with Crippen LogP contribution in [0.25, 0.3) is 16.6 Å². The number of fused-ring (bicyclic) bond motifs is 1. The highest BCUT2D eigenvalue weighted by atomic mass is 35.5. The third-order valence-corrected chi connectivity index (χ3v) is 4.52. The first-order chi connectivity index (χ1) is 11.7. The molecule has 0 unspecified atom stereocenters. The Kier molecular flexibility index (Phi) is 4.47. The van der Waals surface area contributed by atoms with Crippen molar-refractivity contribution in [2.24, 2.45) is 0 Å². The van der Waals surface area contributed by atoms with Crippen molar-refractivity contribution in [1.82, 2.24) is 9.13 Å². The largest absolute Gasteiger partial charge is 0.573 e. The molecule has 3 aromatic rings. The van der Waals surface area contributed by atoms with Gasteiger partial charge in [-0.1, -0.05) is 23.2 Å². The van der Waals surface area contributed by atoms with Gasteiger partial charge in [0.05, 0.1) is 15.9 Å². The number of halogens is 5.